The number of halogens is 1. The number of aromatic nitrogens is 2. The van der Waals surface area contributed by atoms with E-state index in [1.807, 2.05) is 36.4 Å². The maximum Gasteiger partial charge on any atom is 0.232 e. The van der Waals surface area contributed by atoms with Crippen molar-refractivity contribution in [3.05, 3.63) is 77.8 Å². The molecule has 0 fully saturated rings. The molecule has 5 rings (SSSR count). The molecule has 134 valence electrons. The van der Waals surface area contributed by atoms with Crippen LogP contribution in [0.1, 0.15) is 18.7 Å². The van der Waals surface area contributed by atoms with Crippen molar-refractivity contribution in [3.63, 3.8) is 0 Å². The molecule has 0 aliphatic carbocycles. The molecule has 0 saturated heterocycles. The monoisotopic (exact) mass is 359 g/mol. The van der Waals surface area contributed by atoms with Crippen LogP contribution in [-0.2, 0) is 13.0 Å². The lowest BCUT2D eigenvalue weighted by Gasteiger charge is -2.18. The van der Waals surface area contributed by atoms with E-state index >= 15 is 0 Å². The summed E-state index contributed by atoms with van der Waals surface area (Å²) in [5, 5.41) is 0.879. The third kappa shape index (κ3) is 2.95. The summed E-state index contributed by atoms with van der Waals surface area (Å²) in [6.45, 7) is 0.904. The number of benzene rings is 2. The fourth-order valence-electron chi connectivity index (χ4n) is 3.55. The Hall–Kier alpha value is -3.21. The predicted octanol–water partition coefficient (Wildman–Crippen LogP) is 5.00. The summed E-state index contributed by atoms with van der Waals surface area (Å²) < 4.78 is 21.5. The van der Waals surface area contributed by atoms with E-state index in [1.165, 1.54) is 12.1 Å². The molecule has 0 spiro atoms. The van der Waals surface area contributed by atoms with Gasteiger partial charge < -0.3 is 8.98 Å². The topological polar surface area (TPSA) is 43.3 Å². The first kappa shape index (κ1) is 16.0. The molecule has 2 aromatic carbocycles. The first-order chi connectivity index (χ1) is 13.3. The first-order valence-corrected chi connectivity index (χ1v) is 9.17. The number of para-hydroxylation sites is 1. The van der Waals surface area contributed by atoms with Crippen molar-refractivity contribution in [2.45, 2.75) is 25.8 Å². The van der Waals surface area contributed by atoms with Gasteiger partial charge in [-0.15, -0.1) is 0 Å². The Morgan fingerprint density at radius 3 is 2.63 bits per heavy atom. The molecule has 0 bridgehead atoms. The minimum atomic E-state index is -0.265. The Balaban J connectivity index is 1.77. The van der Waals surface area contributed by atoms with Gasteiger partial charge in [0, 0.05) is 18.5 Å². The van der Waals surface area contributed by atoms with Crippen molar-refractivity contribution < 1.29 is 8.81 Å². The van der Waals surface area contributed by atoms with Gasteiger partial charge in [-0.3, -0.25) is 0 Å². The normalized spacial score (nSPS) is 14.5. The summed E-state index contributed by atoms with van der Waals surface area (Å²) in [6, 6.07) is 18.2. The summed E-state index contributed by atoms with van der Waals surface area (Å²) in [6.07, 6.45) is 3.15. The lowest BCUT2D eigenvalue weighted by molar-refractivity contribution is 0.490. The van der Waals surface area contributed by atoms with Crippen LogP contribution in [0.2, 0.25) is 0 Å². The lowest BCUT2D eigenvalue weighted by Crippen LogP contribution is -2.28. The maximum atomic E-state index is 13.3. The van der Waals surface area contributed by atoms with E-state index in [0.29, 0.717) is 11.5 Å². The molecule has 4 nitrogen and oxygen atoms in total. The number of rotatable bonds is 2. The number of aryl methyl sites for hydroxylation is 1. The second-order valence-electron chi connectivity index (χ2n) is 6.74. The first-order valence-electron chi connectivity index (χ1n) is 9.17. The predicted molar refractivity (Wildman–Crippen MR) is 102 cm³/mol. The van der Waals surface area contributed by atoms with Gasteiger partial charge in [0.15, 0.2) is 0 Å². The molecule has 5 heteroatoms. The average molecular weight is 359 g/mol. The number of furan rings is 1. The Labute approximate surface area is 155 Å². The largest absolute Gasteiger partial charge is 0.438 e. The highest BCUT2D eigenvalue weighted by Crippen LogP contribution is 2.27. The van der Waals surface area contributed by atoms with Crippen LogP contribution in [0.15, 0.2) is 70.1 Å². The van der Waals surface area contributed by atoms with E-state index in [4.69, 9.17) is 14.4 Å². The average Bonchev–Trinajstić information content (AvgIpc) is 3.13. The Kier molecular flexibility index (Phi) is 3.85. The molecule has 2 aromatic heterocycles. The van der Waals surface area contributed by atoms with Gasteiger partial charge in [-0.1, -0.05) is 18.2 Å². The number of nitrogens with zero attached hydrogens (tertiary/aromatic N) is 3. The van der Waals surface area contributed by atoms with Gasteiger partial charge in [-0.2, -0.15) is 4.98 Å². The molecule has 0 unspecified atom stereocenters. The molecule has 0 N–H and O–H groups in total. The summed E-state index contributed by atoms with van der Waals surface area (Å²) in [7, 11) is 0. The summed E-state index contributed by atoms with van der Waals surface area (Å²) in [5.41, 5.74) is 3.17. The van der Waals surface area contributed by atoms with Crippen molar-refractivity contribution in [2.75, 3.05) is 0 Å². The number of hydrogen-bond acceptors (Lipinski definition) is 3. The zero-order valence-electron chi connectivity index (χ0n) is 14.7. The van der Waals surface area contributed by atoms with Gasteiger partial charge in [0.2, 0.25) is 5.71 Å². The highest BCUT2D eigenvalue weighted by atomic mass is 19.1. The molecule has 1 aliphatic heterocycles. The summed E-state index contributed by atoms with van der Waals surface area (Å²) >= 11 is 0. The van der Waals surface area contributed by atoms with E-state index in [-0.39, 0.29) is 5.82 Å². The Bertz CT molecular complexity index is 1170. The van der Waals surface area contributed by atoms with Crippen LogP contribution in [0.3, 0.4) is 0 Å². The molecule has 27 heavy (non-hydrogen) atoms. The van der Waals surface area contributed by atoms with Crippen LogP contribution >= 0.6 is 0 Å². The van der Waals surface area contributed by atoms with Crippen molar-refractivity contribution in [2.24, 2.45) is 4.99 Å². The smallest absolute Gasteiger partial charge is 0.232 e. The third-order valence-corrected chi connectivity index (χ3v) is 4.90. The summed E-state index contributed by atoms with van der Waals surface area (Å²) in [5.74, 6) is 1.41. The molecular weight excluding hydrogens is 341 g/mol. The van der Waals surface area contributed by atoms with Crippen molar-refractivity contribution >= 4 is 16.8 Å². The van der Waals surface area contributed by atoms with E-state index < -0.39 is 0 Å². The van der Waals surface area contributed by atoms with Crippen molar-refractivity contribution in [3.8, 4) is 11.3 Å². The SMILES string of the molecule is Fc1ccc(-c2cc3/c(=N\c4ccccc4)n4c(nc3o2)CCCC4)cc1. The summed E-state index contributed by atoms with van der Waals surface area (Å²) in [4.78, 5) is 9.65. The van der Waals surface area contributed by atoms with Gasteiger partial charge in [0.05, 0.1) is 11.1 Å². The zero-order chi connectivity index (χ0) is 18.2. The zero-order valence-corrected chi connectivity index (χ0v) is 14.7. The van der Waals surface area contributed by atoms with Crippen LogP contribution in [0.4, 0.5) is 10.1 Å². The molecule has 0 saturated carbocycles. The lowest BCUT2D eigenvalue weighted by atomic mass is 10.1. The highest BCUT2D eigenvalue weighted by molar-refractivity contribution is 5.79. The van der Waals surface area contributed by atoms with Crippen molar-refractivity contribution in [1.29, 1.82) is 0 Å². The van der Waals surface area contributed by atoms with E-state index in [0.717, 1.165) is 53.8 Å². The van der Waals surface area contributed by atoms with Gasteiger partial charge in [0.1, 0.15) is 22.9 Å². The molecule has 0 amide bonds. The van der Waals surface area contributed by atoms with Gasteiger partial charge in [-0.05, 0) is 55.3 Å². The number of hydrogen-bond donors (Lipinski definition) is 0. The molecule has 3 heterocycles. The Morgan fingerprint density at radius 1 is 1.00 bits per heavy atom. The van der Waals surface area contributed by atoms with Gasteiger partial charge in [0.25, 0.3) is 0 Å². The second kappa shape index (κ2) is 6.50. The molecular formula is C22H18FN3O. The van der Waals surface area contributed by atoms with Crippen LogP contribution in [0.25, 0.3) is 22.4 Å². The van der Waals surface area contributed by atoms with E-state index in [2.05, 4.69) is 4.57 Å². The fraction of sp³-hybridized carbons (Fsp3) is 0.182. The molecule has 0 atom stereocenters. The van der Waals surface area contributed by atoms with Crippen LogP contribution in [-0.4, -0.2) is 9.55 Å². The Morgan fingerprint density at radius 2 is 1.81 bits per heavy atom. The maximum absolute atomic E-state index is 13.3. The number of fused-ring (bicyclic) bond motifs is 2. The van der Waals surface area contributed by atoms with E-state index in [9.17, 15) is 4.39 Å². The standard InChI is InChI=1S/C22H18FN3O/c23-16-11-9-15(10-12-16)19-14-18-21(24-17-6-2-1-3-7-17)26-13-5-4-8-20(26)25-22(18)27-19/h1-3,6-7,9-12,14H,4-5,8,13H2/b24-21+. The quantitative estimate of drug-likeness (QED) is 0.505. The minimum Gasteiger partial charge on any atom is -0.438 e. The molecule has 0 radical (unpaired) electrons. The second-order valence-corrected chi connectivity index (χ2v) is 6.74. The van der Waals surface area contributed by atoms with E-state index in [1.54, 1.807) is 12.1 Å². The third-order valence-electron chi connectivity index (χ3n) is 4.90. The van der Waals surface area contributed by atoms with Crippen LogP contribution in [0.5, 0.6) is 0 Å². The van der Waals surface area contributed by atoms with Crippen molar-refractivity contribution in [1.82, 2.24) is 9.55 Å². The minimum absolute atomic E-state index is 0.265. The fourth-order valence-corrected chi connectivity index (χ4v) is 3.55. The van der Waals surface area contributed by atoms with Crippen LogP contribution in [0, 0.1) is 5.82 Å². The van der Waals surface area contributed by atoms with Gasteiger partial charge in [-0.25, -0.2) is 9.38 Å². The van der Waals surface area contributed by atoms with Gasteiger partial charge >= 0.3 is 0 Å². The molecule has 4 aromatic rings. The molecule has 1 aliphatic rings. The highest BCUT2D eigenvalue weighted by Gasteiger charge is 2.17. The van der Waals surface area contributed by atoms with Crippen LogP contribution < -0.4 is 5.49 Å².